The molecule has 1 unspecified atom stereocenters. The van der Waals surface area contributed by atoms with Gasteiger partial charge in [0.1, 0.15) is 12.2 Å². The van der Waals surface area contributed by atoms with Gasteiger partial charge in [0.15, 0.2) is 0 Å². The van der Waals surface area contributed by atoms with E-state index in [1.165, 1.54) is 30.6 Å². The fourth-order valence-corrected chi connectivity index (χ4v) is 4.29. The van der Waals surface area contributed by atoms with Gasteiger partial charge in [0, 0.05) is 28.8 Å². The lowest BCUT2D eigenvalue weighted by Gasteiger charge is -2.14. The molecule has 1 atom stereocenters. The van der Waals surface area contributed by atoms with Gasteiger partial charge in [-0.15, -0.1) is 11.3 Å². The molecule has 0 fully saturated rings. The third kappa shape index (κ3) is 2.65. The van der Waals surface area contributed by atoms with Crippen LogP contribution in [0.5, 0.6) is 0 Å². The Labute approximate surface area is 124 Å². The van der Waals surface area contributed by atoms with Gasteiger partial charge in [-0.2, -0.15) is 5.10 Å². The van der Waals surface area contributed by atoms with Gasteiger partial charge in [0.05, 0.1) is 0 Å². The molecule has 1 aliphatic carbocycles. The standard InChI is InChI=1S/C15H22N4S/c1-3-19-15(17-10-18-19)9-12(16-2)14-8-11-6-4-5-7-13(11)20-14/h8,10,12,16H,3-7,9H2,1-2H3. The Balaban J connectivity index is 1.81. The second kappa shape index (κ2) is 6.06. The number of thiophene rings is 1. The molecule has 0 radical (unpaired) electrons. The Morgan fingerprint density at radius 3 is 3.00 bits per heavy atom. The van der Waals surface area contributed by atoms with E-state index >= 15 is 0 Å². The summed E-state index contributed by atoms with van der Waals surface area (Å²) in [4.78, 5) is 7.45. The molecule has 0 spiro atoms. The molecule has 0 bridgehead atoms. The summed E-state index contributed by atoms with van der Waals surface area (Å²) in [6.45, 7) is 2.99. The molecule has 0 aliphatic heterocycles. The van der Waals surface area contributed by atoms with Crippen molar-refractivity contribution in [1.82, 2.24) is 20.1 Å². The average Bonchev–Trinajstić information content (AvgIpc) is 3.10. The van der Waals surface area contributed by atoms with Crippen molar-refractivity contribution < 1.29 is 0 Å². The third-order valence-electron chi connectivity index (χ3n) is 4.09. The molecule has 20 heavy (non-hydrogen) atoms. The van der Waals surface area contributed by atoms with Crippen molar-refractivity contribution in [3.63, 3.8) is 0 Å². The molecule has 2 aromatic rings. The number of aromatic nitrogens is 3. The van der Waals surface area contributed by atoms with Crippen LogP contribution in [0.4, 0.5) is 0 Å². The summed E-state index contributed by atoms with van der Waals surface area (Å²) in [6.07, 6.45) is 7.78. The SMILES string of the molecule is CCn1ncnc1CC(NC)c1cc2c(s1)CCCC2. The highest BCUT2D eigenvalue weighted by Crippen LogP contribution is 2.33. The van der Waals surface area contributed by atoms with Crippen molar-refractivity contribution in [3.05, 3.63) is 33.5 Å². The minimum Gasteiger partial charge on any atom is -0.312 e. The highest BCUT2D eigenvalue weighted by molar-refractivity contribution is 7.12. The first-order chi connectivity index (χ1) is 9.81. The van der Waals surface area contributed by atoms with Crippen LogP contribution in [0.25, 0.3) is 0 Å². The van der Waals surface area contributed by atoms with E-state index in [0.29, 0.717) is 6.04 Å². The van der Waals surface area contributed by atoms with Crippen molar-refractivity contribution in [2.75, 3.05) is 7.05 Å². The van der Waals surface area contributed by atoms with Gasteiger partial charge in [0.2, 0.25) is 0 Å². The first kappa shape index (κ1) is 13.8. The molecule has 4 nitrogen and oxygen atoms in total. The Hall–Kier alpha value is -1.20. The van der Waals surface area contributed by atoms with Gasteiger partial charge >= 0.3 is 0 Å². The van der Waals surface area contributed by atoms with E-state index in [0.717, 1.165) is 18.8 Å². The Morgan fingerprint density at radius 2 is 2.25 bits per heavy atom. The fourth-order valence-electron chi connectivity index (χ4n) is 2.92. The number of aryl methyl sites for hydroxylation is 3. The molecule has 0 saturated carbocycles. The summed E-state index contributed by atoms with van der Waals surface area (Å²) in [5.41, 5.74) is 1.58. The van der Waals surface area contributed by atoms with Gasteiger partial charge < -0.3 is 5.32 Å². The Morgan fingerprint density at radius 1 is 1.40 bits per heavy atom. The first-order valence-electron chi connectivity index (χ1n) is 7.47. The van der Waals surface area contributed by atoms with Crippen molar-refractivity contribution >= 4 is 11.3 Å². The quantitative estimate of drug-likeness (QED) is 0.920. The van der Waals surface area contributed by atoms with Crippen LogP contribution in [0, 0.1) is 0 Å². The molecule has 5 heteroatoms. The lowest BCUT2D eigenvalue weighted by atomic mass is 9.98. The highest BCUT2D eigenvalue weighted by Gasteiger charge is 2.20. The molecular weight excluding hydrogens is 268 g/mol. The van der Waals surface area contributed by atoms with Gasteiger partial charge in [-0.05, 0) is 51.3 Å². The number of hydrogen-bond donors (Lipinski definition) is 1. The van der Waals surface area contributed by atoms with Crippen molar-refractivity contribution in [2.45, 2.75) is 51.6 Å². The molecule has 3 rings (SSSR count). The summed E-state index contributed by atoms with van der Waals surface area (Å²) in [6, 6.07) is 2.76. The smallest absolute Gasteiger partial charge is 0.138 e. The van der Waals surface area contributed by atoms with Crippen LogP contribution >= 0.6 is 11.3 Å². The lowest BCUT2D eigenvalue weighted by molar-refractivity contribution is 0.539. The summed E-state index contributed by atoms with van der Waals surface area (Å²) in [5, 5.41) is 7.71. The molecule has 1 N–H and O–H groups in total. The summed E-state index contributed by atoms with van der Waals surface area (Å²) < 4.78 is 1.98. The van der Waals surface area contributed by atoms with Crippen LogP contribution in [0.3, 0.4) is 0 Å². The van der Waals surface area contributed by atoms with E-state index in [-0.39, 0.29) is 0 Å². The summed E-state index contributed by atoms with van der Waals surface area (Å²) in [5.74, 6) is 1.07. The van der Waals surface area contributed by atoms with E-state index in [9.17, 15) is 0 Å². The van der Waals surface area contributed by atoms with Crippen LogP contribution < -0.4 is 5.32 Å². The summed E-state index contributed by atoms with van der Waals surface area (Å²) in [7, 11) is 2.04. The number of likely N-dealkylation sites (N-methyl/N-ethyl adjacent to an activating group) is 1. The van der Waals surface area contributed by atoms with Crippen molar-refractivity contribution in [3.8, 4) is 0 Å². The molecule has 0 saturated heterocycles. The van der Waals surface area contributed by atoms with Crippen LogP contribution in [0.2, 0.25) is 0 Å². The van der Waals surface area contributed by atoms with Gasteiger partial charge in [-0.25, -0.2) is 4.98 Å². The van der Waals surface area contributed by atoms with E-state index in [1.807, 2.05) is 23.1 Å². The number of nitrogens with zero attached hydrogens (tertiary/aromatic N) is 3. The van der Waals surface area contributed by atoms with Crippen LogP contribution in [0.1, 0.15) is 46.9 Å². The highest BCUT2D eigenvalue weighted by atomic mass is 32.1. The number of hydrogen-bond acceptors (Lipinski definition) is 4. The zero-order valence-corrected chi connectivity index (χ0v) is 13.0. The maximum absolute atomic E-state index is 4.40. The molecular formula is C15H22N4S. The largest absolute Gasteiger partial charge is 0.312 e. The van der Waals surface area contributed by atoms with Crippen LogP contribution in [0.15, 0.2) is 12.4 Å². The minimum atomic E-state index is 0.347. The minimum absolute atomic E-state index is 0.347. The maximum Gasteiger partial charge on any atom is 0.138 e. The molecule has 2 aromatic heterocycles. The lowest BCUT2D eigenvalue weighted by Crippen LogP contribution is -2.20. The van der Waals surface area contributed by atoms with Gasteiger partial charge in [-0.1, -0.05) is 0 Å². The predicted molar refractivity (Wildman–Crippen MR) is 82.2 cm³/mol. The number of nitrogens with one attached hydrogen (secondary N) is 1. The Bertz CT molecular complexity index is 549. The van der Waals surface area contributed by atoms with Crippen LogP contribution in [-0.4, -0.2) is 21.8 Å². The second-order valence-electron chi connectivity index (χ2n) is 5.34. The van der Waals surface area contributed by atoms with Crippen molar-refractivity contribution in [1.29, 1.82) is 0 Å². The van der Waals surface area contributed by atoms with E-state index in [4.69, 9.17) is 0 Å². The molecule has 1 aliphatic rings. The predicted octanol–water partition coefficient (Wildman–Crippen LogP) is 2.74. The molecule has 2 heterocycles. The average molecular weight is 290 g/mol. The van der Waals surface area contributed by atoms with E-state index in [1.54, 1.807) is 16.8 Å². The topological polar surface area (TPSA) is 42.7 Å². The number of rotatable bonds is 5. The van der Waals surface area contributed by atoms with E-state index < -0.39 is 0 Å². The Kier molecular flexibility index (Phi) is 4.17. The first-order valence-corrected chi connectivity index (χ1v) is 8.29. The maximum atomic E-state index is 4.40. The third-order valence-corrected chi connectivity index (χ3v) is 5.44. The second-order valence-corrected chi connectivity index (χ2v) is 6.51. The van der Waals surface area contributed by atoms with Gasteiger partial charge in [-0.3, -0.25) is 4.68 Å². The zero-order valence-electron chi connectivity index (χ0n) is 12.2. The number of fused-ring (bicyclic) bond motifs is 1. The normalized spacial score (nSPS) is 16.1. The zero-order chi connectivity index (χ0) is 13.9. The monoisotopic (exact) mass is 290 g/mol. The van der Waals surface area contributed by atoms with Crippen molar-refractivity contribution in [2.24, 2.45) is 0 Å². The molecule has 0 aromatic carbocycles. The van der Waals surface area contributed by atoms with Crippen LogP contribution in [-0.2, 0) is 25.8 Å². The summed E-state index contributed by atoms with van der Waals surface area (Å²) >= 11 is 1.98. The van der Waals surface area contributed by atoms with E-state index in [2.05, 4.69) is 28.4 Å². The fraction of sp³-hybridized carbons (Fsp3) is 0.600. The van der Waals surface area contributed by atoms with Gasteiger partial charge in [0.25, 0.3) is 0 Å². The molecule has 108 valence electrons. The molecule has 0 amide bonds.